The summed E-state index contributed by atoms with van der Waals surface area (Å²) >= 11 is 0. The van der Waals surface area contributed by atoms with Gasteiger partial charge in [0.1, 0.15) is 5.69 Å². The van der Waals surface area contributed by atoms with Gasteiger partial charge < -0.3 is 15.5 Å². The van der Waals surface area contributed by atoms with Crippen molar-refractivity contribution < 1.29 is 18.0 Å². The van der Waals surface area contributed by atoms with E-state index in [1.807, 2.05) is 19.0 Å². The zero-order chi connectivity index (χ0) is 19.3. The fourth-order valence-electron chi connectivity index (χ4n) is 2.17. The minimum absolute atomic E-state index is 0.0169. The lowest BCUT2D eigenvalue weighted by Gasteiger charge is -2.11. The molecule has 0 spiro atoms. The molecule has 0 saturated heterocycles. The van der Waals surface area contributed by atoms with Crippen molar-refractivity contribution >= 4 is 17.5 Å². The van der Waals surface area contributed by atoms with E-state index < -0.39 is 29.0 Å². The van der Waals surface area contributed by atoms with Crippen molar-refractivity contribution in [3.63, 3.8) is 0 Å². The van der Waals surface area contributed by atoms with Crippen LogP contribution in [-0.4, -0.2) is 48.0 Å². The zero-order valence-electron chi connectivity index (χ0n) is 14.7. The molecule has 1 heterocycles. The van der Waals surface area contributed by atoms with Crippen LogP contribution in [0.4, 0.5) is 24.8 Å². The highest BCUT2D eigenvalue weighted by atomic mass is 19.2. The van der Waals surface area contributed by atoms with Gasteiger partial charge in [0.15, 0.2) is 17.5 Å². The van der Waals surface area contributed by atoms with Crippen molar-refractivity contribution in [2.75, 3.05) is 37.8 Å². The van der Waals surface area contributed by atoms with Crippen LogP contribution in [-0.2, 0) is 0 Å². The van der Waals surface area contributed by atoms with Crippen LogP contribution in [0.1, 0.15) is 22.6 Å². The van der Waals surface area contributed by atoms with E-state index in [9.17, 15) is 18.0 Å². The van der Waals surface area contributed by atoms with E-state index in [0.29, 0.717) is 12.2 Å². The molecule has 1 aromatic carbocycles. The van der Waals surface area contributed by atoms with Gasteiger partial charge in [0, 0.05) is 12.2 Å². The predicted octanol–water partition coefficient (Wildman–Crippen LogP) is 2.82. The number of carbonyl (C=O) groups is 1. The van der Waals surface area contributed by atoms with Crippen LogP contribution in [0.15, 0.2) is 18.2 Å². The Balaban J connectivity index is 2.10. The standard InChI is InChI=1S/C17H20F3N5O/c1-10-9-13(24-17(22-10)21-7-4-8-25(2)3)16(26)23-12-6-5-11(18)14(19)15(12)20/h5-6,9H,4,7-8H2,1-3H3,(H,23,26)(H,21,22,24). The van der Waals surface area contributed by atoms with E-state index in [1.54, 1.807) is 6.92 Å². The summed E-state index contributed by atoms with van der Waals surface area (Å²) in [4.78, 5) is 22.6. The maximum Gasteiger partial charge on any atom is 0.274 e. The SMILES string of the molecule is Cc1cc(C(=O)Nc2ccc(F)c(F)c2F)nc(NCCCN(C)C)n1. The molecule has 0 aliphatic carbocycles. The van der Waals surface area contributed by atoms with Crippen molar-refractivity contribution in [2.45, 2.75) is 13.3 Å². The van der Waals surface area contributed by atoms with Gasteiger partial charge in [-0.25, -0.2) is 23.1 Å². The van der Waals surface area contributed by atoms with Crippen molar-refractivity contribution in [3.8, 4) is 0 Å². The number of halogens is 3. The molecule has 2 aromatic rings. The van der Waals surface area contributed by atoms with E-state index in [-0.39, 0.29) is 11.6 Å². The third-order valence-electron chi connectivity index (χ3n) is 3.44. The molecule has 0 aliphatic rings. The maximum atomic E-state index is 13.7. The summed E-state index contributed by atoms with van der Waals surface area (Å²) in [6.07, 6.45) is 0.853. The quantitative estimate of drug-likeness (QED) is 0.582. The summed E-state index contributed by atoms with van der Waals surface area (Å²) < 4.78 is 39.9. The molecule has 1 amide bonds. The maximum absolute atomic E-state index is 13.7. The molecule has 0 saturated carbocycles. The zero-order valence-corrected chi connectivity index (χ0v) is 14.7. The van der Waals surface area contributed by atoms with E-state index >= 15 is 0 Å². The Morgan fingerprint density at radius 2 is 1.88 bits per heavy atom. The van der Waals surface area contributed by atoms with E-state index in [2.05, 4.69) is 20.6 Å². The smallest absolute Gasteiger partial charge is 0.274 e. The number of benzene rings is 1. The number of aryl methyl sites for hydroxylation is 1. The highest BCUT2D eigenvalue weighted by Crippen LogP contribution is 2.20. The summed E-state index contributed by atoms with van der Waals surface area (Å²) in [5.41, 5.74) is 0.0495. The van der Waals surface area contributed by atoms with Gasteiger partial charge in [0.2, 0.25) is 5.95 Å². The van der Waals surface area contributed by atoms with Crippen LogP contribution in [0, 0.1) is 24.4 Å². The first-order chi connectivity index (χ1) is 12.3. The van der Waals surface area contributed by atoms with Gasteiger partial charge in [-0.1, -0.05) is 0 Å². The highest BCUT2D eigenvalue weighted by molar-refractivity contribution is 6.03. The number of anilines is 2. The highest BCUT2D eigenvalue weighted by Gasteiger charge is 2.17. The van der Waals surface area contributed by atoms with Gasteiger partial charge in [-0.2, -0.15) is 0 Å². The van der Waals surface area contributed by atoms with Crippen molar-refractivity contribution in [3.05, 3.63) is 47.0 Å². The number of hydrogen-bond donors (Lipinski definition) is 2. The number of carbonyl (C=O) groups excluding carboxylic acids is 1. The second kappa shape index (κ2) is 8.61. The Kier molecular flexibility index (Phi) is 6.51. The molecule has 0 unspecified atom stereocenters. The first-order valence-electron chi connectivity index (χ1n) is 7.97. The summed E-state index contributed by atoms with van der Waals surface area (Å²) in [5, 5.41) is 5.20. The summed E-state index contributed by atoms with van der Waals surface area (Å²) in [5.74, 6) is -4.94. The lowest BCUT2D eigenvalue weighted by Crippen LogP contribution is -2.19. The monoisotopic (exact) mass is 367 g/mol. The largest absolute Gasteiger partial charge is 0.354 e. The van der Waals surface area contributed by atoms with Crippen LogP contribution < -0.4 is 10.6 Å². The van der Waals surface area contributed by atoms with Crippen molar-refractivity contribution in [1.82, 2.24) is 14.9 Å². The van der Waals surface area contributed by atoms with Crippen LogP contribution >= 0.6 is 0 Å². The van der Waals surface area contributed by atoms with Gasteiger partial charge in [0.05, 0.1) is 5.69 Å². The predicted molar refractivity (Wildman–Crippen MR) is 92.7 cm³/mol. The third-order valence-corrected chi connectivity index (χ3v) is 3.44. The number of nitrogens with zero attached hydrogens (tertiary/aromatic N) is 3. The normalized spacial score (nSPS) is 10.9. The van der Waals surface area contributed by atoms with Gasteiger partial charge >= 0.3 is 0 Å². The number of amides is 1. The van der Waals surface area contributed by atoms with Gasteiger partial charge in [-0.15, -0.1) is 0 Å². The number of aromatic nitrogens is 2. The summed E-state index contributed by atoms with van der Waals surface area (Å²) in [7, 11) is 3.92. The third kappa shape index (κ3) is 5.16. The molecular weight excluding hydrogens is 347 g/mol. The molecule has 0 fully saturated rings. The summed E-state index contributed by atoms with van der Waals surface area (Å²) in [6, 6.07) is 3.09. The average molecular weight is 367 g/mol. The van der Waals surface area contributed by atoms with Crippen LogP contribution in [0.3, 0.4) is 0 Å². The Morgan fingerprint density at radius 3 is 2.58 bits per heavy atom. The number of rotatable bonds is 7. The Morgan fingerprint density at radius 1 is 1.15 bits per heavy atom. The molecule has 26 heavy (non-hydrogen) atoms. The molecule has 2 N–H and O–H groups in total. The van der Waals surface area contributed by atoms with E-state index in [0.717, 1.165) is 25.1 Å². The van der Waals surface area contributed by atoms with Crippen LogP contribution in [0.25, 0.3) is 0 Å². The van der Waals surface area contributed by atoms with E-state index in [1.165, 1.54) is 6.07 Å². The van der Waals surface area contributed by atoms with Crippen LogP contribution in [0.5, 0.6) is 0 Å². The molecule has 0 bridgehead atoms. The van der Waals surface area contributed by atoms with E-state index in [4.69, 9.17) is 0 Å². The van der Waals surface area contributed by atoms with Gasteiger partial charge in [-0.05, 0) is 52.2 Å². The van der Waals surface area contributed by atoms with Crippen LogP contribution in [0.2, 0.25) is 0 Å². The first-order valence-corrected chi connectivity index (χ1v) is 7.97. The van der Waals surface area contributed by atoms with Gasteiger partial charge in [0.25, 0.3) is 5.91 Å². The lowest BCUT2D eigenvalue weighted by atomic mass is 10.2. The second-order valence-corrected chi connectivity index (χ2v) is 5.98. The molecule has 0 atom stereocenters. The molecule has 9 heteroatoms. The molecule has 0 aliphatic heterocycles. The lowest BCUT2D eigenvalue weighted by molar-refractivity contribution is 0.102. The molecule has 0 radical (unpaired) electrons. The minimum atomic E-state index is -1.65. The van der Waals surface area contributed by atoms with Gasteiger partial charge in [-0.3, -0.25) is 4.79 Å². The van der Waals surface area contributed by atoms with Crippen molar-refractivity contribution in [1.29, 1.82) is 0 Å². The molecule has 2 rings (SSSR count). The molecule has 1 aromatic heterocycles. The first kappa shape index (κ1) is 19.6. The second-order valence-electron chi connectivity index (χ2n) is 5.98. The fraction of sp³-hybridized carbons (Fsp3) is 0.353. The number of hydrogen-bond acceptors (Lipinski definition) is 5. The minimum Gasteiger partial charge on any atom is -0.354 e. The Labute approximate surface area is 149 Å². The average Bonchev–Trinajstić information content (AvgIpc) is 2.58. The number of nitrogens with one attached hydrogen (secondary N) is 2. The molecule has 140 valence electrons. The van der Waals surface area contributed by atoms with Crippen molar-refractivity contribution in [2.24, 2.45) is 0 Å². The fourth-order valence-corrected chi connectivity index (χ4v) is 2.17. The summed E-state index contributed by atoms with van der Waals surface area (Å²) in [6.45, 7) is 3.17. The Bertz CT molecular complexity index is 798. The Hall–Kier alpha value is -2.68. The molecular formula is C17H20F3N5O. The topological polar surface area (TPSA) is 70.2 Å². The molecule has 6 nitrogen and oxygen atoms in total.